The van der Waals surface area contributed by atoms with E-state index in [1.807, 2.05) is 30.3 Å². The van der Waals surface area contributed by atoms with Gasteiger partial charge in [0.2, 0.25) is 6.10 Å². The van der Waals surface area contributed by atoms with Crippen molar-refractivity contribution in [2.75, 3.05) is 0 Å². The van der Waals surface area contributed by atoms with Crippen LogP contribution in [0.3, 0.4) is 0 Å². The largest absolute Gasteiger partial charge is 0.455 e. The summed E-state index contributed by atoms with van der Waals surface area (Å²) in [5, 5.41) is 0. The lowest BCUT2D eigenvalue weighted by atomic mass is 10.1. The molecule has 0 aromatic heterocycles. The van der Waals surface area contributed by atoms with E-state index < -0.39 is 47.8 Å². The zero-order valence-corrected chi connectivity index (χ0v) is 13.9. The maximum atomic E-state index is 11.9. The maximum Gasteiger partial charge on any atom is 0.350 e. The molecule has 1 aromatic rings. The molecule has 5 atom stereocenters. The van der Waals surface area contributed by atoms with E-state index in [0.717, 1.165) is 4.90 Å². The number of hydrogen-bond acceptors (Lipinski definition) is 8. The van der Waals surface area contributed by atoms with Gasteiger partial charge in [-0.2, -0.15) is 0 Å². The minimum absolute atomic E-state index is 0.505. The molecule has 0 spiro atoms. The van der Waals surface area contributed by atoms with Crippen LogP contribution in [0.5, 0.6) is 0 Å². The second-order valence-electron chi connectivity index (χ2n) is 5.41. The van der Waals surface area contributed by atoms with Gasteiger partial charge in [0.05, 0.1) is 0 Å². The summed E-state index contributed by atoms with van der Waals surface area (Å²) < 4.78 is 21.4. The molecule has 0 N–H and O–H groups in total. The van der Waals surface area contributed by atoms with Crippen molar-refractivity contribution in [2.45, 2.75) is 48.6 Å². The number of hydrogen-bond donors (Lipinski definition) is 0. The van der Waals surface area contributed by atoms with Crippen LogP contribution >= 0.6 is 11.8 Å². The smallest absolute Gasteiger partial charge is 0.350 e. The van der Waals surface area contributed by atoms with E-state index in [0.29, 0.717) is 0 Å². The summed E-state index contributed by atoms with van der Waals surface area (Å²) in [6, 6.07) is 9.42. The van der Waals surface area contributed by atoms with Crippen molar-refractivity contribution in [3.8, 4) is 0 Å². The summed E-state index contributed by atoms with van der Waals surface area (Å²) in [4.78, 5) is 35.4. The molecule has 0 bridgehead atoms. The molecule has 128 valence electrons. The molecule has 0 radical (unpaired) electrons. The van der Waals surface area contributed by atoms with Crippen LogP contribution in [0.15, 0.2) is 35.2 Å². The highest BCUT2D eigenvalue weighted by molar-refractivity contribution is 7.99. The van der Waals surface area contributed by atoms with Crippen LogP contribution in [-0.4, -0.2) is 47.8 Å². The number of fused-ring (bicyclic) bond motifs is 1. The molecule has 2 heterocycles. The fourth-order valence-corrected chi connectivity index (χ4v) is 3.81. The van der Waals surface area contributed by atoms with E-state index in [4.69, 9.17) is 18.9 Å². The van der Waals surface area contributed by atoms with Crippen LogP contribution in [0.25, 0.3) is 0 Å². The van der Waals surface area contributed by atoms with Gasteiger partial charge in [-0.05, 0) is 12.1 Å². The lowest BCUT2D eigenvalue weighted by Crippen LogP contribution is -2.36. The molecule has 7 nitrogen and oxygen atoms in total. The van der Waals surface area contributed by atoms with Crippen molar-refractivity contribution in [3.63, 3.8) is 0 Å². The molecule has 2 fully saturated rings. The summed E-state index contributed by atoms with van der Waals surface area (Å²) in [5.41, 5.74) is -0.572. The van der Waals surface area contributed by atoms with Crippen molar-refractivity contribution in [1.29, 1.82) is 0 Å². The van der Waals surface area contributed by atoms with Gasteiger partial charge < -0.3 is 18.9 Å². The summed E-state index contributed by atoms with van der Waals surface area (Å²) in [7, 11) is 0. The van der Waals surface area contributed by atoms with E-state index in [1.165, 1.54) is 25.6 Å². The topological polar surface area (TPSA) is 88.1 Å². The Morgan fingerprint density at radius 3 is 2.33 bits per heavy atom. The minimum Gasteiger partial charge on any atom is -0.455 e. The van der Waals surface area contributed by atoms with Crippen molar-refractivity contribution >= 4 is 29.7 Å². The van der Waals surface area contributed by atoms with E-state index in [9.17, 15) is 14.4 Å². The lowest BCUT2D eigenvalue weighted by Gasteiger charge is -2.21. The monoisotopic (exact) mass is 352 g/mol. The standard InChI is InChI=1S/C16H16O7S/c1-8(17)20-13-11-12(22-15(13)19)14(21-9(2)18)16(23-11)24-10-6-4-3-5-7-10/h3-7,11-14,16H,1-2H3/t11-,12-,13-,14-,16-/m0/s1. The highest BCUT2D eigenvalue weighted by Crippen LogP contribution is 2.41. The highest BCUT2D eigenvalue weighted by Gasteiger charge is 2.60. The molecule has 0 unspecified atom stereocenters. The molecular weight excluding hydrogens is 336 g/mol. The average molecular weight is 352 g/mol. The summed E-state index contributed by atoms with van der Waals surface area (Å²) in [6.45, 7) is 2.48. The molecule has 2 saturated heterocycles. The molecule has 8 heteroatoms. The second-order valence-corrected chi connectivity index (χ2v) is 6.58. The van der Waals surface area contributed by atoms with Gasteiger partial charge in [0.1, 0.15) is 11.5 Å². The molecule has 2 aliphatic rings. The first-order chi connectivity index (χ1) is 11.5. The van der Waals surface area contributed by atoms with Gasteiger partial charge in [-0.25, -0.2) is 4.79 Å². The molecule has 0 saturated carbocycles. The summed E-state index contributed by atoms with van der Waals surface area (Å²) in [5.74, 6) is -1.81. The summed E-state index contributed by atoms with van der Waals surface area (Å²) in [6.07, 6.45) is -3.52. The van der Waals surface area contributed by atoms with E-state index in [2.05, 4.69) is 0 Å². The Balaban J connectivity index is 1.81. The number of esters is 3. The lowest BCUT2D eigenvalue weighted by molar-refractivity contribution is -0.167. The molecule has 2 aliphatic heterocycles. The Morgan fingerprint density at radius 1 is 1.04 bits per heavy atom. The third kappa shape index (κ3) is 3.39. The van der Waals surface area contributed by atoms with Gasteiger partial charge in [-0.3, -0.25) is 9.59 Å². The molecule has 24 heavy (non-hydrogen) atoms. The average Bonchev–Trinajstić information content (AvgIpc) is 2.98. The Morgan fingerprint density at radius 2 is 1.71 bits per heavy atom. The van der Waals surface area contributed by atoms with Crippen LogP contribution < -0.4 is 0 Å². The fourth-order valence-electron chi connectivity index (χ4n) is 2.70. The Kier molecular flexibility index (Phi) is 4.77. The first-order valence-electron chi connectivity index (χ1n) is 7.38. The minimum atomic E-state index is -1.15. The molecular formula is C16H16O7S. The predicted octanol–water partition coefficient (Wildman–Crippen LogP) is 1.29. The quantitative estimate of drug-likeness (QED) is 0.592. The van der Waals surface area contributed by atoms with Crippen LogP contribution in [0.1, 0.15) is 13.8 Å². The Bertz CT molecular complexity index is 647. The number of carbonyl (C=O) groups is 3. The van der Waals surface area contributed by atoms with Crippen LogP contribution in [0.2, 0.25) is 0 Å². The number of carbonyl (C=O) groups excluding carboxylic acids is 3. The van der Waals surface area contributed by atoms with Crippen molar-refractivity contribution in [3.05, 3.63) is 30.3 Å². The van der Waals surface area contributed by atoms with Gasteiger partial charge in [-0.15, -0.1) is 0 Å². The molecule has 0 aliphatic carbocycles. The molecule has 1 aromatic carbocycles. The third-order valence-electron chi connectivity index (χ3n) is 3.58. The van der Waals surface area contributed by atoms with Gasteiger partial charge >= 0.3 is 17.9 Å². The normalized spacial score (nSPS) is 31.2. The van der Waals surface area contributed by atoms with Crippen LogP contribution in [0.4, 0.5) is 0 Å². The number of ether oxygens (including phenoxy) is 4. The van der Waals surface area contributed by atoms with Gasteiger partial charge in [0.25, 0.3) is 0 Å². The Labute approximate surface area is 142 Å². The molecule has 3 rings (SSSR count). The highest BCUT2D eigenvalue weighted by atomic mass is 32.2. The Hall–Kier alpha value is -2.06. The van der Waals surface area contributed by atoms with E-state index >= 15 is 0 Å². The summed E-state index contributed by atoms with van der Waals surface area (Å²) >= 11 is 1.35. The number of benzene rings is 1. The van der Waals surface area contributed by atoms with E-state index in [-0.39, 0.29) is 0 Å². The van der Waals surface area contributed by atoms with Crippen LogP contribution in [-0.2, 0) is 33.3 Å². The van der Waals surface area contributed by atoms with E-state index in [1.54, 1.807) is 0 Å². The van der Waals surface area contributed by atoms with Crippen molar-refractivity contribution in [2.24, 2.45) is 0 Å². The number of thioether (sulfide) groups is 1. The van der Waals surface area contributed by atoms with Crippen molar-refractivity contribution < 1.29 is 33.3 Å². The maximum absolute atomic E-state index is 11.9. The SMILES string of the molecule is CC(=O)O[C@H]1[C@H]2OC(=O)[C@@H](OC(C)=O)[C@H]2O[C@H]1Sc1ccccc1. The first kappa shape index (κ1) is 16.8. The number of rotatable bonds is 4. The molecule has 0 amide bonds. The predicted molar refractivity (Wildman–Crippen MR) is 81.9 cm³/mol. The van der Waals surface area contributed by atoms with Gasteiger partial charge in [-0.1, -0.05) is 30.0 Å². The fraction of sp³-hybridized carbons (Fsp3) is 0.438. The zero-order chi connectivity index (χ0) is 17.3. The first-order valence-corrected chi connectivity index (χ1v) is 8.26. The second kappa shape index (κ2) is 6.82. The third-order valence-corrected chi connectivity index (χ3v) is 4.74. The van der Waals surface area contributed by atoms with Gasteiger partial charge in [0, 0.05) is 18.7 Å². The zero-order valence-electron chi connectivity index (χ0n) is 13.0. The van der Waals surface area contributed by atoms with Crippen molar-refractivity contribution in [1.82, 2.24) is 0 Å². The van der Waals surface area contributed by atoms with Crippen LogP contribution in [0, 0.1) is 0 Å². The van der Waals surface area contributed by atoms with Gasteiger partial charge in [0.15, 0.2) is 12.2 Å².